The lowest BCUT2D eigenvalue weighted by Crippen LogP contribution is -2.46. The predicted molar refractivity (Wildman–Crippen MR) is 126 cm³/mol. The number of rotatable bonds is 5. The minimum absolute atomic E-state index is 0.0494. The monoisotopic (exact) mass is 468 g/mol. The summed E-state index contributed by atoms with van der Waals surface area (Å²) in [6, 6.07) is 11.7. The maximum atomic E-state index is 15.2. The summed E-state index contributed by atoms with van der Waals surface area (Å²) >= 11 is 0. The molecule has 2 atom stereocenters. The summed E-state index contributed by atoms with van der Waals surface area (Å²) in [6.45, 7) is 6.42. The minimum Gasteiger partial charge on any atom is -0.497 e. The molecule has 2 N–H and O–H groups in total. The highest BCUT2D eigenvalue weighted by Gasteiger charge is 2.44. The molecule has 1 aliphatic rings. The van der Waals surface area contributed by atoms with E-state index in [1.807, 2.05) is 32.9 Å². The van der Waals surface area contributed by atoms with Gasteiger partial charge in [0.2, 0.25) is 0 Å². The van der Waals surface area contributed by atoms with Crippen molar-refractivity contribution in [2.24, 2.45) is 11.3 Å². The van der Waals surface area contributed by atoms with Crippen molar-refractivity contribution in [2.75, 3.05) is 13.7 Å². The van der Waals surface area contributed by atoms with E-state index in [-0.39, 0.29) is 23.1 Å². The van der Waals surface area contributed by atoms with E-state index in [1.54, 1.807) is 31.4 Å². The van der Waals surface area contributed by atoms with Gasteiger partial charge in [0.05, 0.1) is 12.8 Å². The number of aromatic nitrogens is 3. The van der Waals surface area contributed by atoms with Crippen molar-refractivity contribution in [2.45, 2.75) is 39.7 Å². The maximum Gasteiger partial charge on any atom is 0.407 e. The van der Waals surface area contributed by atoms with E-state index < -0.39 is 17.6 Å². The van der Waals surface area contributed by atoms with E-state index in [0.29, 0.717) is 36.5 Å². The molecule has 1 amide bonds. The molecular weight excluding hydrogens is 439 g/mol. The SMILES string of the molecule is COc1ccc(-c2ccc(-n3c(C[C@@H]4CCN(C(=O)O)C4C(C)(C)C)n[nH]c3=O)c(F)c2)cc1. The summed E-state index contributed by atoms with van der Waals surface area (Å²) in [5.74, 6) is 0.487. The van der Waals surface area contributed by atoms with Gasteiger partial charge in [0.1, 0.15) is 17.4 Å². The summed E-state index contributed by atoms with van der Waals surface area (Å²) in [6.07, 6.45) is 0.0418. The summed E-state index contributed by atoms with van der Waals surface area (Å²) in [7, 11) is 1.58. The predicted octanol–water partition coefficient (Wildman–Crippen LogP) is 4.33. The van der Waals surface area contributed by atoms with Crippen LogP contribution in [-0.2, 0) is 6.42 Å². The average molecular weight is 469 g/mol. The van der Waals surface area contributed by atoms with Crippen molar-refractivity contribution in [1.82, 2.24) is 19.7 Å². The molecule has 1 unspecified atom stereocenters. The van der Waals surface area contributed by atoms with Crippen LogP contribution in [-0.4, -0.2) is 50.6 Å². The number of likely N-dealkylation sites (tertiary alicyclic amines) is 1. The molecular formula is C25H29FN4O4. The van der Waals surface area contributed by atoms with Crippen molar-refractivity contribution in [3.63, 3.8) is 0 Å². The summed E-state index contributed by atoms with van der Waals surface area (Å²) in [4.78, 5) is 25.8. The number of aromatic amines is 1. The minimum atomic E-state index is -0.956. The molecule has 1 saturated heterocycles. The number of H-pyrrole nitrogens is 1. The summed E-state index contributed by atoms with van der Waals surface area (Å²) in [5, 5.41) is 16.2. The van der Waals surface area contributed by atoms with E-state index in [4.69, 9.17) is 4.74 Å². The van der Waals surface area contributed by atoms with Gasteiger partial charge >= 0.3 is 11.8 Å². The van der Waals surface area contributed by atoms with Crippen molar-refractivity contribution < 1.29 is 19.0 Å². The molecule has 0 bridgehead atoms. The number of amides is 1. The van der Waals surface area contributed by atoms with Crippen LogP contribution in [0.4, 0.5) is 9.18 Å². The van der Waals surface area contributed by atoms with E-state index in [0.717, 1.165) is 5.56 Å². The van der Waals surface area contributed by atoms with Crippen LogP contribution >= 0.6 is 0 Å². The molecule has 2 heterocycles. The Hall–Kier alpha value is -3.62. The maximum absolute atomic E-state index is 15.2. The highest BCUT2D eigenvalue weighted by atomic mass is 19.1. The second-order valence-electron chi connectivity index (χ2n) is 9.71. The number of carboxylic acid groups (broad SMARTS) is 1. The van der Waals surface area contributed by atoms with Gasteiger partial charge in [0.25, 0.3) is 0 Å². The van der Waals surface area contributed by atoms with Gasteiger partial charge in [-0.3, -0.25) is 0 Å². The second-order valence-corrected chi connectivity index (χ2v) is 9.71. The van der Waals surface area contributed by atoms with Gasteiger partial charge in [-0.1, -0.05) is 39.0 Å². The zero-order chi connectivity index (χ0) is 24.6. The van der Waals surface area contributed by atoms with Crippen LogP contribution < -0.4 is 10.4 Å². The van der Waals surface area contributed by atoms with Crippen LogP contribution in [0.3, 0.4) is 0 Å². The molecule has 34 heavy (non-hydrogen) atoms. The van der Waals surface area contributed by atoms with Crippen LogP contribution in [0.25, 0.3) is 16.8 Å². The largest absolute Gasteiger partial charge is 0.497 e. The standard InChI is InChI=1S/C25H29FN4O4/c1-25(2,3)22-17(11-12-29(22)24(32)33)14-21-27-28-23(31)30(21)20-10-7-16(13-19(20)26)15-5-8-18(34-4)9-6-15/h5-10,13,17,22H,11-12,14H2,1-4H3,(H,28,31)(H,32,33)/t17-,22?/m0/s1. The third-order valence-corrected chi connectivity index (χ3v) is 6.45. The smallest absolute Gasteiger partial charge is 0.407 e. The molecule has 0 saturated carbocycles. The number of hydrogen-bond donors (Lipinski definition) is 2. The lowest BCUT2D eigenvalue weighted by molar-refractivity contribution is 0.0906. The number of hydrogen-bond acceptors (Lipinski definition) is 4. The quantitative estimate of drug-likeness (QED) is 0.581. The molecule has 0 aliphatic carbocycles. The Morgan fingerprint density at radius 1 is 1.21 bits per heavy atom. The third kappa shape index (κ3) is 4.42. The number of nitrogens with one attached hydrogen (secondary N) is 1. The summed E-state index contributed by atoms with van der Waals surface area (Å²) in [5.41, 5.74) is 0.756. The number of carbonyl (C=O) groups is 1. The van der Waals surface area contributed by atoms with Gasteiger partial charge in [-0.25, -0.2) is 23.6 Å². The van der Waals surface area contributed by atoms with Crippen LogP contribution in [0.1, 0.15) is 33.0 Å². The Morgan fingerprint density at radius 2 is 1.88 bits per heavy atom. The van der Waals surface area contributed by atoms with Crippen molar-refractivity contribution >= 4 is 6.09 Å². The fourth-order valence-electron chi connectivity index (χ4n) is 5.06. The van der Waals surface area contributed by atoms with Crippen molar-refractivity contribution in [3.8, 4) is 22.6 Å². The first-order chi connectivity index (χ1) is 16.1. The number of ether oxygens (including phenoxy) is 1. The second kappa shape index (κ2) is 8.96. The molecule has 1 fully saturated rings. The summed E-state index contributed by atoms with van der Waals surface area (Å²) < 4.78 is 21.7. The van der Waals surface area contributed by atoms with Crippen molar-refractivity contribution in [3.05, 3.63) is 64.6 Å². The molecule has 1 aromatic heterocycles. The number of halogens is 1. The number of nitrogens with zero attached hydrogens (tertiary/aromatic N) is 3. The van der Waals surface area contributed by atoms with E-state index in [9.17, 15) is 14.7 Å². The highest BCUT2D eigenvalue weighted by molar-refractivity contribution is 5.66. The normalized spacial score (nSPS) is 18.3. The van der Waals surface area contributed by atoms with Crippen molar-refractivity contribution in [1.29, 1.82) is 0 Å². The fourth-order valence-corrected chi connectivity index (χ4v) is 5.06. The van der Waals surface area contributed by atoms with E-state index >= 15 is 4.39 Å². The first-order valence-corrected chi connectivity index (χ1v) is 11.2. The first kappa shape index (κ1) is 23.5. The van der Waals surface area contributed by atoms with Gasteiger partial charge in [-0.2, -0.15) is 5.10 Å². The molecule has 1 aliphatic heterocycles. The van der Waals surface area contributed by atoms with Gasteiger partial charge in [-0.15, -0.1) is 0 Å². The highest BCUT2D eigenvalue weighted by Crippen LogP contribution is 2.38. The molecule has 0 radical (unpaired) electrons. The number of benzene rings is 2. The molecule has 9 heteroatoms. The molecule has 8 nitrogen and oxygen atoms in total. The van der Waals surface area contributed by atoms with Crippen LogP contribution in [0, 0.1) is 17.2 Å². The molecule has 3 aromatic rings. The van der Waals surface area contributed by atoms with Crippen LogP contribution in [0.2, 0.25) is 0 Å². The Labute approximate surface area is 197 Å². The number of methoxy groups -OCH3 is 1. The zero-order valence-corrected chi connectivity index (χ0v) is 19.7. The molecule has 0 spiro atoms. The molecule has 4 rings (SSSR count). The van der Waals surface area contributed by atoms with Gasteiger partial charge < -0.3 is 14.7 Å². The van der Waals surface area contributed by atoms with E-state index in [2.05, 4.69) is 10.2 Å². The lowest BCUT2D eigenvalue weighted by atomic mass is 9.78. The first-order valence-electron chi connectivity index (χ1n) is 11.2. The van der Waals surface area contributed by atoms with Gasteiger partial charge in [0, 0.05) is 19.0 Å². The van der Waals surface area contributed by atoms with Gasteiger partial charge in [0.15, 0.2) is 0 Å². The molecule has 2 aromatic carbocycles. The Bertz CT molecular complexity index is 1240. The van der Waals surface area contributed by atoms with E-state index in [1.165, 1.54) is 15.5 Å². The fraction of sp³-hybridized carbons (Fsp3) is 0.400. The molecule has 180 valence electrons. The Balaban J connectivity index is 1.65. The average Bonchev–Trinajstić information content (AvgIpc) is 3.38. The zero-order valence-electron chi connectivity index (χ0n) is 19.7. The third-order valence-electron chi connectivity index (χ3n) is 6.45. The van der Waals surface area contributed by atoms with Crippen LogP contribution in [0.15, 0.2) is 47.3 Å². The Kier molecular flexibility index (Phi) is 6.20. The van der Waals surface area contributed by atoms with Gasteiger partial charge in [-0.05, 0) is 53.1 Å². The van der Waals surface area contributed by atoms with Crippen LogP contribution in [0.5, 0.6) is 5.75 Å². The topological polar surface area (TPSA) is 100 Å². The Morgan fingerprint density at radius 3 is 2.47 bits per heavy atom. The lowest BCUT2D eigenvalue weighted by Gasteiger charge is -2.37.